The summed E-state index contributed by atoms with van der Waals surface area (Å²) in [4.78, 5) is 21.7. The third-order valence-corrected chi connectivity index (χ3v) is 6.54. The minimum absolute atomic E-state index is 0.0729. The molecule has 0 spiro atoms. The summed E-state index contributed by atoms with van der Waals surface area (Å²) in [5.74, 6) is 1.30. The lowest BCUT2D eigenvalue weighted by molar-refractivity contribution is -0.121. The first-order valence-corrected chi connectivity index (χ1v) is 11.4. The van der Waals surface area contributed by atoms with E-state index in [4.69, 9.17) is 4.74 Å². The molecule has 166 valence electrons. The molecule has 0 fully saturated rings. The number of aromatic nitrogens is 2. The summed E-state index contributed by atoms with van der Waals surface area (Å²) in [7, 11) is -0.179. The molecule has 32 heavy (non-hydrogen) atoms. The van der Waals surface area contributed by atoms with E-state index < -0.39 is 16.1 Å². The second kappa shape index (κ2) is 8.83. The maximum atomic E-state index is 12.8. The summed E-state index contributed by atoms with van der Waals surface area (Å²) >= 11 is 0. The molecule has 1 aliphatic rings. The van der Waals surface area contributed by atoms with Gasteiger partial charge < -0.3 is 14.6 Å². The molecule has 1 aliphatic heterocycles. The molecule has 1 aromatic heterocycles. The number of hydrogen-bond acceptors (Lipinski definition) is 6. The molecule has 0 saturated heterocycles. The number of methoxy groups -OCH3 is 1. The molecular weight excluding hydrogens is 430 g/mol. The van der Waals surface area contributed by atoms with Crippen molar-refractivity contribution in [3.63, 3.8) is 0 Å². The number of nitrogens with zero attached hydrogens (tertiary/aromatic N) is 3. The number of benzene rings is 2. The number of rotatable bonds is 7. The maximum absolute atomic E-state index is 12.8. The Labute approximate surface area is 186 Å². The van der Waals surface area contributed by atoms with Crippen LogP contribution in [-0.4, -0.2) is 43.4 Å². The van der Waals surface area contributed by atoms with Crippen LogP contribution in [0.2, 0.25) is 0 Å². The molecule has 9 nitrogen and oxygen atoms in total. The zero-order chi connectivity index (χ0) is 22.7. The maximum Gasteiger partial charge on any atom is 0.263 e. The van der Waals surface area contributed by atoms with Crippen LogP contribution in [-0.2, 0) is 21.9 Å². The van der Waals surface area contributed by atoms with E-state index >= 15 is 0 Å². The normalized spacial score (nSPS) is 16.2. The predicted octanol–water partition coefficient (Wildman–Crippen LogP) is 1.76. The Hall–Kier alpha value is -3.66. The Morgan fingerprint density at radius 2 is 1.97 bits per heavy atom. The van der Waals surface area contributed by atoms with Crippen molar-refractivity contribution in [1.29, 1.82) is 0 Å². The summed E-state index contributed by atoms with van der Waals surface area (Å²) in [6.45, 7) is 0.122. The number of ether oxygens (including phenoxy) is 1. The van der Waals surface area contributed by atoms with Gasteiger partial charge in [0.25, 0.3) is 10.0 Å². The van der Waals surface area contributed by atoms with Crippen LogP contribution in [0.15, 0.2) is 70.8 Å². The van der Waals surface area contributed by atoms with Crippen LogP contribution in [0.4, 0.5) is 0 Å². The van der Waals surface area contributed by atoms with E-state index in [0.29, 0.717) is 17.1 Å². The molecule has 2 aromatic carbocycles. The Balaban J connectivity index is 1.51. The highest BCUT2D eigenvalue weighted by Gasteiger charge is 2.30. The number of carbonyl (C=O) groups is 1. The first kappa shape index (κ1) is 21.6. The molecule has 1 amide bonds. The largest absolute Gasteiger partial charge is 0.496 e. The summed E-state index contributed by atoms with van der Waals surface area (Å²) in [6, 6.07) is 13.5. The number of fused-ring (bicyclic) bond motifs is 1. The fraction of sp³-hybridized carbons (Fsp3) is 0.227. The highest BCUT2D eigenvalue weighted by atomic mass is 32.2. The fourth-order valence-electron chi connectivity index (χ4n) is 3.60. The molecule has 0 aliphatic carbocycles. The monoisotopic (exact) mass is 453 g/mol. The van der Waals surface area contributed by atoms with Gasteiger partial charge in [0.15, 0.2) is 0 Å². The average molecular weight is 454 g/mol. The second-order valence-corrected chi connectivity index (χ2v) is 8.87. The van der Waals surface area contributed by atoms with Gasteiger partial charge in [0, 0.05) is 37.0 Å². The number of carbonyl (C=O) groups excluding carboxylic acids is 1. The smallest absolute Gasteiger partial charge is 0.263 e. The van der Waals surface area contributed by atoms with Crippen molar-refractivity contribution in [1.82, 2.24) is 19.6 Å². The van der Waals surface area contributed by atoms with Crippen molar-refractivity contribution in [3.8, 4) is 5.75 Å². The number of hydrogen-bond donors (Lipinski definition) is 2. The van der Waals surface area contributed by atoms with Crippen molar-refractivity contribution in [2.45, 2.75) is 17.4 Å². The zero-order valence-electron chi connectivity index (χ0n) is 17.6. The van der Waals surface area contributed by atoms with Crippen molar-refractivity contribution in [2.24, 2.45) is 12.0 Å². The molecule has 2 heterocycles. The van der Waals surface area contributed by atoms with Crippen molar-refractivity contribution in [3.05, 3.63) is 77.9 Å². The predicted molar refractivity (Wildman–Crippen MR) is 119 cm³/mol. The van der Waals surface area contributed by atoms with Crippen molar-refractivity contribution in [2.75, 3.05) is 13.7 Å². The quantitative estimate of drug-likeness (QED) is 0.566. The van der Waals surface area contributed by atoms with Crippen LogP contribution in [0.1, 0.15) is 29.4 Å². The summed E-state index contributed by atoms with van der Waals surface area (Å²) in [6.07, 6.45) is 3.54. The third kappa shape index (κ3) is 4.22. The van der Waals surface area contributed by atoms with E-state index in [1.165, 1.54) is 6.07 Å². The van der Waals surface area contributed by atoms with E-state index in [-0.39, 0.29) is 29.6 Å². The Morgan fingerprint density at radius 1 is 1.22 bits per heavy atom. The van der Waals surface area contributed by atoms with Gasteiger partial charge in [0.2, 0.25) is 5.91 Å². The van der Waals surface area contributed by atoms with E-state index in [0.717, 1.165) is 5.56 Å². The average Bonchev–Trinajstić information content (AvgIpc) is 3.32. The number of sulfonamides is 1. The van der Waals surface area contributed by atoms with Crippen LogP contribution in [0.5, 0.6) is 5.75 Å². The van der Waals surface area contributed by atoms with Crippen LogP contribution >= 0.6 is 0 Å². The first-order chi connectivity index (χ1) is 15.4. The number of aliphatic imine (C=N–C) groups is 1. The van der Waals surface area contributed by atoms with Crippen molar-refractivity contribution < 1.29 is 17.9 Å². The topological polar surface area (TPSA) is 115 Å². The highest BCUT2D eigenvalue weighted by Crippen LogP contribution is 2.29. The van der Waals surface area contributed by atoms with E-state index in [1.807, 2.05) is 35.9 Å². The van der Waals surface area contributed by atoms with Gasteiger partial charge >= 0.3 is 0 Å². The Kier molecular flexibility index (Phi) is 5.95. The third-order valence-electron chi connectivity index (χ3n) is 5.14. The molecule has 4 rings (SSSR count). The highest BCUT2D eigenvalue weighted by molar-refractivity contribution is 7.90. The molecular formula is C22H23N5O4S. The lowest BCUT2D eigenvalue weighted by Gasteiger charge is -2.21. The molecule has 1 unspecified atom stereocenters. The van der Waals surface area contributed by atoms with Gasteiger partial charge in [-0.1, -0.05) is 30.3 Å². The summed E-state index contributed by atoms with van der Waals surface area (Å²) in [5, 5.41) is 3.00. The standard InChI is InChI=1S/C22H23N5O4S/c1-27-14-13-24-22(27)20(15-7-3-5-9-17(15)31-2)25-19(28)11-12-23-21-16-8-4-6-10-18(16)32(29,30)26-21/h3-10,13-14,20H,11-12H2,1-2H3,(H,23,26)(H,25,28). The van der Waals surface area contributed by atoms with Gasteiger partial charge in [-0.25, -0.2) is 13.4 Å². The lowest BCUT2D eigenvalue weighted by atomic mass is 10.0. The number of amides is 1. The first-order valence-electron chi connectivity index (χ1n) is 9.97. The molecule has 0 saturated carbocycles. The van der Waals surface area contributed by atoms with Crippen LogP contribution in [0.3, 0.4) is 0 Å². The molecule has 3 aromatic rings. The van der Waals surface area contributed by atoms with Gasteiger partial charge in [0.1, 0.15) is 23.5 Å². The van der Waals surface area contributed by atoms with Crippen LogP contribution < -0.4 is 14.8 Å². The number of aryl methyl sites for hydroxylation is 1. The number of nitrogens with one attached hydrogen (secondary N) is 2. The van der Waals surface area contributed by atoms with Gasteiger partial charge in [-0.3, -0.25) is 14.5 Å². The number of para-hydroxylation sites is 1. The van der Waals surface area contributed by atoms with E-state index in [2.05, 4.69) is 20.0 Å². The number of imidazole rings is 1. The van der Waals surface area contributed by atoms with Crippen molar-refractivity contribution >= 4 is 21.8 Å². The minimum atomic E-state index is -3.61. The Morgan fingerprint density at radius 3 is 2.72 bits per heavy atom. The Bertz CT molecular complexity index is 1280. The summed E-state index contributed by atoms with van der Waals surface area (Å²) < 4.78 is 34.1. The van der Waals surface area contributed by atoms with Gasteiger partial charge in [-0.15, -0.1) is 0 Å². The molecule has 0 radical (unpaired) electrons. The van der Waals surface area contributed by atoms with Crippen LogP contribution in [0, 0.1) is 0 Å². The number of amidine groups is 1. The van der Waals surface area contributed by atoms with E-state index in [9.17, 15) is 13.2 Å². The molecule has 0 bridgehead atoms. The summed E-state index contributed by atoms with van der Waals surface area (Å²) in [5.41, 5.74) is 1.29. The van der Waals surface area contributed by atoms with Gasteiger partial charge in [0.05, 0.1) is 18.6 Å². The minimum Gasteiger partial charge on any atom is -0.496 e. The zero-order valence-corrected chi connectivity index (χ0v) is 18.5. The van der Waals surface area contributed by atoms with Gasteiger partial charge in [-0.05, 0) is 18.2 Å². The fourth-order valence-corrected chi connectivity index (χ4v) is 4.85. The van der Waals surface area contributed by atoms with Gasteiger partial charge in [-0.2, -0.15) is 0 Å². The van der Waals surface area contributed by atoms with E-state index in [1.54, 1.807) is 37.7 Å². The molecule has 2 N–H and O–H groups in total. The SMILES string of the molecule is COc1ccccc1C(NC(=O)CCN=C1NS(=O)(=O)c2ccccc21)c1nccn1C. The van der Waals surface area contributed by atoms with Crippen LogP contribution in [0.25, 0.3) is 0 Å². The second-order valence-electron chi connectivity index (χ2n) is 7.22. The molecule has 1 atom stereocenters. The molecule has 10 heteroatoms. The lowest BCUT2D eigenvalue weighted by Crippen LogP contribution is -2.32.